The Labute approximate surface area is 58.3 Å². The molecule has 0 aromatic rings. The monoisotopic (exact) mass is 100 g/mol. The van der Waals surface area contributed by atoms with Crippen LogP contribution in [0, 0.1) is 5.92 Å². The molecular formula is C4H10ClLi. The van der Waals surface area contributed by atoms with Crippen molar-refractivity contribution >= 4 is 0 Å². The molecule has 0 heterocycles. The number of rotatable bonds is 0. The van der Waals surface area contributed by atoms with Gasteiger partial charge in [0.2, 0.25) is 0 Å². The summed E-state index contributed by atoms with van der Waals surface area (Å²) in [5, 5.41) is 0. The van der Waals surface area contributed by atoms with Gasteiger partial charge in [-0.25, -0.2) is 0 Å². The molecule has 0 amide bonds. The van der Waals surface area contributed by atoms with Crippen LogP contribution in [0.5, 0.6) is 0 Å². The molecule has 0 bridgehead atoms. The summed E-state index contributed by atoms with van der Waals surface area (Å²) in [5.74, 6) is 0.833. The van der Waals surface area contributed by atoms with Crippen molar-refractivity contribution in [3.05, 3.63) is 0 Å². The molecule has 6 heavy (non-hydrogen) atoms. The van der Waals surface area contributed by atoms with Crippen molar-refractivity contribution in [3.8, 4) is 0 Å². The van der Waals surface area contributed by atoms with E-state index in [-0.39, 0.29) is 31.3 Å². The Kier molecular flexibility index (Phi) is 24.5. The smallest absolute Gasteiger partial charge is 1.00 e. The maximum Gasteiger partial charge on any atom is 1.00 e. The predicted octanol–water partition coefficient (Wildman–Crippen LogP) is -4.33. The number of halogens is 1. The quantitative estimate of drug-likeness (QED) is 0.270. The summed E-state index contributed by atoms with van der Waals surface area (Å²) in [6.07, 6.45) is 0. The Balaban J connectivity index is -0.0000000450. The number of hydrogen-bond donors (Lipinski definition) is 0. The molecule has 2 heteroatoms. The van der Waals surface area contributed by atoms with E-state index in [2.05, 4.69) is 20.8 Å². The molecule has 0 atom stereocenters. The first kappa shape index (κ1) is 15.8. The molecule has 0 fully saturated rings. The maximum atomic E-state index is 2.17. The largest absolute Gasteiger partial charge is 1.00 e. The van der Waals surface area contributed by atoms with Crippen molar-refractivity contribution in [1.29, 1.82) is 0 Å². The average Bonchev–Trinajstić information content (AvgIpc) is 0.811. The van der Waals surface area contributed by atoms with Gasteiger partial charge in [-0.3, -0.25) is 0 Å². The van der Waals surface area contributed by atoms with Crippen LogP contribution in [0.15, 0.2) is 0 Å². The van der Waals surface area contributed by atoms with Crippen LogP contribution in [0.25, 0.3) is 0 Å². The Morgan fingerprint density at radius 1 is 1.00 bits per heavy atom. The summed E-state index contributed by atoms with van der Waals surface area (Å²) in [7, 11) is 0. The van der Waals surface area contributed by atoms with Gasteiger partial charge in [0.05, 0.1) is 0 Å². The van der Waals surface area contributed by atoms with Crippen LogP contribution in [-0.4, -0.2) is 0 Å². The molecule has 0 N–H and O–H groups in total. The zero-order valence-electron chi connectivity index (χ0n) is 4.96. The standard InChI is InChI=1S/C4H10.ClH.Li/c1-4(2)3;;/h4H,1-3H3;1H;/q;;+1/p-1. The van der Waals surface area contributed by atoms with Crippen molar-refractivity contribution in [1.82, 2.24) is 0 Å². The van der Waals surface area contributed by atoms with Crippen molar-refractivity contribution < 1.29 is 31.3 Å². The molecule has 0 aromatic heterocycles. The molecule has 0 radical (unpaired) electrons. The van der Waals surface area contributed by atoms with Crippen LogP contribution < -0.4 is 31.3 Å². The van der Waals surface area contributed by atoms with Crippen LogP contribution in [0.4, 0.5) is 0 Å². The van der Waals surface area contributed by atoms with E-state index >= 15 is 0 Å². The van der Waals surface area contributed by atoms with Gasteiger partial charge in [-0.1, -0.05) is 20.8 Å². The van der Waals surface area contributed by atoms with Gasteiger partial charge in [0, 0.05) is 0 Å². The van der Waals surface area contributed by atoms with E-state index in [9.17, 15) is 0 Å². The van der Waals surface area contributed by atoms with E-state index in [1.54, 1.807) is 0 Å². The minimum Gasteiger partial charge on any atom is -1.00 e. The van der Waals surface area contributed by atoms with Crippen LogP contribution in [0.3, 0.4) is 0 Å². The minimum absolute atomic E-state index is 0. The minimum atomic E-state index is 0. The van der Waals surface area contributed by atoms with E-state index in [0.29, 0.717) is 0 Å². The third-order valence-corrected chi connectivity index (χ3v) is 0. The summed E-state index contributed by atoms with van der Waals surface area (Å²) in [4.78, 5) is 0. The Morgan fingerprint density at radius 3 is 1.00 bits per heavy atom. The van der Waals surface area contributed by atoms with Gasteiger partial charge < -0.3 is 12.4 Å². The molecule has 0 aromatic carbocycles. The maximum absolute atomic E-state index is 2.17. The molecule has 0 aliphatic carbocycles. The van der Waals surface area contributed by atoms with Gasteiger partial charge in [0.15, 0.2) is 0 Å². The van der Waals surface area contributed by atoms with E-state index in [4.69, 9.17) is 0 Å². The average molecular weight is 101 g/mol. The molecule has 0 aliphatic rings. The SMILES string of the molecule is CC(C)C.[Cl-].[Li+]. The second-order valence-corrected chi connectivity index (χ2v) is 1.73. The molecule has 0 nitrogen and oxygen atoms in total. The van der Waals surface area contributed by atoms with Crippen molar-refractivity contribution in [2.75, 3.05) is 0 Å². The second kappa shape index (κ2) is 9.31. The molecule has 0 saturated carbocycles. The van der Waals surface area contributed by atoms with Crippen molar-refractivity contribution in [2.24, 2.45) is 5.92 Å². The second-order valence-electron chi connectivity index (χ2n) is 1.73. The fraction of sp³-hybridized carbons (Fsp3) is 1.00. The summed E-state index contributed by atoms with van der Waals surface area (Å²) < 4.78 is 0. The van der Waals surface area contributed by atoms with Crippen LogP contribution >= 0.6 is 0 Å². The molecule has 0 saturated heterocycles. The van der Waals surface area contributed by atoms with Gasteiger partial charge in [0.25, 0.3) is 0 Å². The topological polar surface area (TPSA) is 0 Å². The summed E-state index contributed by atoms with van der Waals surface area (Å²) in [6, 6.07) is 0. The fourth-order valence-corrected chi connectivity index (χ4v) is 0. The van der Waals surface area contributed by atoms with Gasteiger partial charge in [-0.15, -0.1) is 0 Å². The molecule has 0 unspecified atom stereocenters. The van der Waals surface area contributed by atoms with E-state index in [0.717, 1.165) is 5.92 Å². The normalized spacial score (nSPS) is 6.00. The van der Waals surface area contributed by atoms with Gasteiger partial charge in [0.1, 0.15) is 0 Å². The predicted molar refractivity (Wildman–Crippen MR) is 20.5 cm³/mol. The van der Waals surface area contributed by atoms with Gasteiger partial charge in [-0.05, 0) is 5.92 Å². The third-order valence-electron chi connectivity index (χ3n) is 0. The molecule has 34 valence electrons. The molecule has 0 aliphatic heterocycles. The Hall–Kier alpha value is 0.887. The molecule has 0 spiro atoms. The summed E-state index contributed by atoms with van der Waals surface area (Å²) >= 11 is 0. The molecule has 0 rings (SSSR count). The summed E-state index contributed by atoms with van der Waals surface area (Å²) in [5.41, 5.74) is 0. The fourth-order valence-electron chi connectivity index (χ4n) is 0. The van der Waals surface area contributed by atoms with E-state index in [1.165, 1.54) is 0 Å². The van der Waals surface area contributed by atoms with Gasteiger partial charge in [-0.2, -0.15) is 0 Å². The first-order valence-electron chi connectivity index (χ1n) is 1.73. The van der Waals surface area contributed by atoms with Crippen LogP contribution in [-0.2, 0) is 0 Å². The third kappa shape index (κ3) is 93.8. The van der Waals surface area contributed by atoms with Crippen LogP contribution in [0.2, 0.25) is 0 Å². The van der Waals surface area contributed by atoms with E-state index < -0.39 is 0 Å². The first-order valence-corrected chi connectivity index (χ1v) is 1.73. The number of hydrogen-bond acceptors (Lipinski definition) is 0. The zero-order chi connectivity index (χ0) is 3.58. The van der Waals surface area contributed by atoms with E-state index in [1.807, 2.05) is 0 Å². The summed E-state index contributed by atoms with van der Waals surface area (Å²) in [6.45, 7) is 6.50. The molecular weight excluding hydrogens is 90.4 g/mol. The Bertz CT molecular complexity index is 12.3. The van der Waals surface area contributed by atoms with Crippen molar-refractivity contribution in [3.63, 3.8) is 0 Å². The van der Waals surface area contributed by atoms with Crippen LogP contribution in [0.1, 0.15) is 20.8 Å². The van der Waals surface area contributed by atoms with Gasteiger partial charge >= 0.3 is 18.9 Å². The first-order chi connectivity index (χ1) is 1.73. The van der Waals surface area contributed by atoms with Crippen molar-refractivity contribution in [2.45, 2.75) is 20.8 Å². The zero-order valence-corrected chi connectivity index (χ0v) is 5.71. The Morgan fingerprint density at radius 2 is 1.00 bits per heavy atom.